The highest BCUT2D eigenvalue weighted by Crippen LogP contribution is 2.34. The van der Waals surface area contributed by atoms with Crippen LogP contribution in [0.4, 0.5) is 10.7 Å². The van der Waals surface area contributed by atoms with Crippen LogP contribution in [0.1, 0.15) is 41.5 Å². The van der Waals surface area contributed by atoms with E-state index in [2.05, 4.69) is 10.6 Å². The van der Waals surface area contributed by atoms with Crippen molar-refractivity contribution in [1.82, 2.24) is 0 Å². The number of thiophene rings is 1. The van der Waals surface area contributed by atoms with Crippen LogP contribution in [0.25, 0.3) is 0 Å². The number of ether oxygens (including phenoxy) is 2. The Kier molecular flexibility index (Phi) is 7.34. The molecule has 0 saturated heterocycles. The summed E-state index contributed by atoms with van der Waals surface area (Å²) in [5.74, 6) is -1.34. The summed E-state index contributed by atoms with van der Waals surface area (Å²) in [4.78, 5) is 37.6. The fraction of sp³-hybridized carbons (Fsp3) is 0.130. The van der Waals surface area contributed by atoms with Crippen molar-refractivity contribution >= 4 is 57.1 Å². The Morgan fingerprint density at radius 2 is 1.50 bits per heavy atom. The van der Waals surface area contributed by atoms with Gasteiger partial charge in [-0.3, -0.25) is 4.79 Å². The first-order valence-electron chi connectivity index (χ1n) is 9.44. The molecule has 0 fully saturated rings. The Morgan fingerprint density at radius 3 is 2.16 bits per heavy atom. The largest absolute Gasteiger partial charge is 0.465 e. The fourth-order valence-electron chi connectivity index (χ4n) is 3.03. The lowest BCUT2D eigenvalue weighted by Gasteiger charge is -2.14. The number of ketones is 1. The van der Waals surface area contributed by atoms with Gasteiger partial charge in [0.05, 0.1) is 25.5 Å². The van der Waals surface area contributed by atoms with Crippen molar-refractivity contribution in [3.8, 4) is 0 Å². The Morgan fingerprint density at radius 1 is 0.875 bits per heavy atom. The quantitative estimate of drug-likeness (QED) is 0.306. The van der Waals surface area contributed by atoms with E-state index in [-0.39, 0.29) is 21.3 Å². The van der Waals surface area contributed by atoms with Gasteiger partial charge in [0, 0.05) is 11.1 Å². The van der Waals surface area contributed by atoms with Crippen LogP contribution in [0.15, 0.2) is 54.6 Å². The molecule has 3 aromatic rings. The van der Waals surface area contributed by atoms with Gasteiger partial charge in [0.1, 0.15) is 9.88 Å². The molecular weight excluding hydrogens is 448 g/mol. The van der Waals surface area contributed by atoms with Gasteiger partial charge < -0.3 is 20.1 Å². The van der Waals surface area contributed by atoms with Crippen LogP contribution in [-0.2, 0) is 9.47 Å². The van der Waals surface area contributed by atoms with E-state index in [9.17, 15) is 14.4 Å². The topological polar surface area (TPSA) is 93.7 Å². The van der Waals surface area contributed by atoms with Crippen LogP contribution >= 0.6 is 23.6 Å². The van der Waals surface area contributed by atoms with Crippen molar-refractivity contribution in [1.29, 1.82) is 0 Å². The maximum absolute atomic E-state index is 12.9. The highest BCUT2D eigenvalue weighted by Gasteiger charge is 2.26. The van der Waals surface area contributed by atoms with Gasteiger partial charge in [-0.05, 0) is 36.8 Å². The molecule has 9 heteroatoms. The summed E-state index contributed by atoms with van der Waals surface area (Å²) < 4.78 is 9.64. The van der Waals surface area contributed by atoms with E-state index >= 15 is 0 Å². The van der Waals surface area contributed by atoms with Crippen molar-refractivity contribution in [3.05, 3.63) is 81.7 Å². The number of rotatable bonds is 6. The summed E-state index contributed by atoms with van der Waals surface area (Å²) in [6, 6.07) is 15.9. The molecule has 3 rings (SSSR count). The number of anilines is 2. The first-order chi connectivity index (χ1) is 15.4. The number of nitrogens with one attached hydrogen (secondary N) is 2. The zero-order valence-electron chi connectivity index (χ0n) is 17.6. The predicted octanol–water partition coefficient (Wildman–Crippen LogP) is 4.67. The van der Waals surface area contributed by atoms with Gasteiger partial charge >= 0.3 is 11.9 Å². The van der Waals surface area contributed by atoms with Crippen LogP contribution in [0.2, 0.25) is 0 Å². The maximum Gasteiger partial charge on any atom is 0.348 e. The van der Waals surface area contributed by atoms with Gasteiger partial charge in [0.15, 0.2) is 10.9 Å². The molecule has 2 N–H and O–H groups in total. The molecule has 0 saturated carbocycles. The van der Waals surface area contributed by atoms with Crippen molar-refractivity contribution in [2.45, 2.75) is 6.92 Å². The second kappa shape index (κ2) is 10.2. The van der Waals surface area contributed by atoms with E-state index in [1.165, 1.54) is 14.2 Å². The summed E-state index contributed by atoms with van der Waals surface area (Å²) in [6.07, 6.45) is 0. The molecule has 0 atom stereocenters. The van der Waals surface area contributed by atoms with Gasteiger partial charge in [0.2, 0.25) is 0 Å². The third-order valence-corrected chi connectivity index (χ3v) is 5.98. The number of methoxy groups -OCH3 is 2. The first-order valence-corrected chi connectivity index (χ1v) is 10.7. The molecule has 0 amide bonds. The molecule has 1 heterocycles. The summed E-state index contributed by atoms with van der Waals surface area (Å²) in [5.41, 5.74) is 2.10. The Bertz CT molecular complexity index is 1190. The molecule has 0 radical (unpaired) electrons. The first kappa shape index (κ1) is 23.1. The Hall–Kier alpha value is -3.56. The SMILES string of the molecule is COC(=O)c1sc(NC(=S)Nc2ccccc2C(=O)c2ccccc2)c(C(=O)OC)c1C. The van der Waals surface area contributed by atoms with E-state index in [1.54, 1.807) is 55.5 Å². The van der Waals surface area contributed by atoms with E-state index in [4.69, 9.17) is 21.7 Å². The molecule has 0 aliphatic heterocycles. The lowest BCUT2D eigenvalue weighted by atomic mass is 10.0. The monoisotopic (exact) mass is 468 g/mol. The minimum atomic E-state index is -0.612. The average molecular weight is 469 g/mol. The van der Waals surface area contributed by atoms with Crippen LogP contribution in [-0.4, -0.2) is 37.1 Å². The van der Waals surface area contributed by atoms with Crippen molar-refractivity contribution in [3.63, 3.8) is 0 Å². The number of thiocarbonyl (C=S) groups is 1. The normalized spacial score (nSPS) is 10.2. The highest BCUT2D eigenvalue weighted by atomic mass is 32.1. The Balaban J connectivity index is 1.88. The second-order valence-corrected chi connectivity index (χ2v) is 7.99. The highest BCUT2D eigenvalue weighted by molar-refractivity contribution is 7.80. The predicted molar refractivity (Wildman–Crippen MR) is 128 cm³/mol. The zero-order valence-corrected chi connectivity index (χ0v) is 19.2. The molecule has 2 aromatic carbocycles. The van der Waals surface area contributed by atoms with Crippen LogP contribution in [0, 0.1) is 6.92 Å². The molecule has 0 unspecified atom stereocenters. The summed E-state index contributed by atoms with van der Waals surface area (Å²) in [7, 11) is 2.52. The molecule has 0 bridgehead atoms. The molecule has 32 heavy (non-hydrogen) atoms. The minimum absolute atomic E-state index is 0.140. The summed E-state index contributed by atoms with van der Waals surface area (Å²) in [6.45, 7) is 1.63. The van der Waals surface area contributed by atoms with Crippen molar-refractivity contribution in [2.75, 3.05) is 24.9 Å². The number of esters is 2. The van der Waals surface area contributed by atoms with Gasteiger partial charge in [-0.15, -0.1) is 11.3 Å². The molecule has 7 nitrogen and oxygen atoms in total. The third-order valence-electron chi connectivity index (χ3n) is 4.59. The lowest BCUT2D eigenvalue weighted by molar-refractivity contribution is 0.0601. The maximum atomic E-state index is 12.9. The zero-order chi connectivity index (χ0) is 23.3. The van der Waals surface area contributed by atoms with Crippen molar-refractivity contribution < 1.29 is 23.9 Å². The second-order valence-electron chi connectivity index (χ2n) is 6.56. The number of hydrogen-bond donors (Lipinski definition) is 2. The fourth-order valence-corrected chi connectivity index (χ4v) is 4.42. The minimum Gasteiger partial charge on any atom is -0.465 e. The van der Waals surface area contributed by atoms with E-state index in [1.807, 2.05) is 6.07 Å². The summed E-state index contributed by atoms with van der Waals surface area (Å²) in [5, 5.41) is 6.42. The molecule has 0 spiro atoms. The van der Waals surface area contributed by atoms with E-state index in [0.717, 1.165) is 11.3 Å². The van der Waals surface area contributed by atoms with Crippen LogP contribution in [0.5, 0.6) is 0 Å². The third kappa shape index (κ3) is 4.84. The number of para-hydroxylation sites is 1. The van der Waals surface area contributed by atoms with Gasteiger partial charge in [0.25, 0.3) is 0 Å². The van der Waals surface area contributed by atoms with Crippen molar-refractivity contribution in [2.24, 2.45) is 0 Å². The van der Waals surface area contributed by atoms with Crippen LogP contribution in [0.3, 0.4) is 0 Å². The number of carbonyl (C=O) groups excluding carboxylic acids is 3. The summed E-state index contributed by atoms with van der Waals surface area (Å²) >= 11 is 6.44. The molecule has 164 valence electrons. The number of benzene rings is 2. The molecule has 0 aliphatic rings. The standard InChI is InChI=1S/C23H20N2O5S2/c1-13-17(21(27)29-2)20(32-19(13)22(28)30-3)25-23(31)24-16-12-8-7-11-15(16)18(26)14-9-5-4-6-10-14/h4-12H,1-3H3,(H2,24,25,31). The molecule has 1 aromatic heterocycles. The molecular formula is C23H20N2O5S2. The van der Waals surface area contributed by atoms with Gasteiger partial charge in [-0.2, -0.15) is 0 Å². The molecule has 0 aliphatic carbocycles. The van der Waals surface area contributed by atoms with Crippen LogP contribution < -0.4 is 10.6 Å². The Labute approximate surface area is 194 Å². The van der Waals surface area contributed by atoms with Gasteiger partial charge in [-0.1, -0.05) is 42.5 Å². The van der Waals surface area contributed by atoms with Gasteiger partial charge in [-0.25, -0.2) is 9.59 Å². The smallest absolute Gasteiger partial charge is 0.348 e. The lowest BCUT2D eigenvalue weighted by Crippen LogP contribution is -2.21. The van der Waals surface area contributed by atoms with E-state index in [0.29, 0.717) is 27.4 Å². The van der Waals surface area contributed by atoms with E-state index < -0.39 is 11.9 Å². The number of carbonyl (C=O) groups is 3. The number of hydrogen-bond acceptors (Lipinski definition) is 7. The average Bonchev–Trinajstić information content (AvgIpc) is 3.13.